The molecule has 3 aromatic carbocycles. The Hall–Kier alpha value is -1.94. The van der Waals surface area contributed by atoms with Crippen molar-refractivity contribution in [2.45, 2.75) is 34.1 Å². The average molecular weight is 513 g/mol. The van der Waals surface area contributed by atoms with Crippen molar-refractivity contribution in [2.75, 3.05) is 0 Å². The summed E-state index contributed by atoms with van der Waals surface area (Å²) < 4.78 is 54.8. The maximum Gasteiger partial charge on any atom is 0.242 e. The molecule has 32 heavy (non-hydrogen) atoms. The van der Waals surface area contributed by atoms with Gasteiger partial charge in [0.25, 0.3) is 0 Å². The van der Waals surface area contributed by atoms with Crippen LogP contribution in [-0.2, 0) is 24.4 Å². The Labute approximate surface area is 198 Å². The molecule has 0 unspecified atom stereocenters. The molecular weight excluding hydrogens is 491 g/mol. The quantitative estimate of drug-likeness (QED) is 0.349. The van der Waals surface area contributed by atoms with Gasteiger partial charge in [-0.3, -0.25) is 0 Å². The predicted octanol–water partition coefficient (Wildman–Crippen LogP) is 4.22. The number of halogens is 2. The van der Waals surface area contributed by atoms with Gasteiger partial charge in [-0.05, 0) is 43.7 Å². The Morgan fingerprint density at radius 2 is 1.03 bits per heavy atom. The zero-order valence-electron chi connectivity index (χ0n) is 17.3. The van der Waals surface area contributed by atoms with Crippen molar-refractivity contribution in [3.8, 4) is 0 Å². The van der Waals surface area contributed by atoms with Crippen molar-refractivity contribution in [1.29, 1.82) is 0 Å². The fourth-order valence-corrected chi connectivity index (χ4v) is 6.04. The van der Waals surface area contributed by atoms with E-state index in [0.29, 0.717) is 5.56 Å². The van der Waals surface area contributed by atoms with Crippen LogP contribution in [0.5, 0.6) is 0 Å². The lowest BCUT2D eigenvalue weighted by Crippen LogP contribution is -2.55. The van der Waals surface area contributed by atoms with Crippen molar-refractivity contribution in [2.24, 2.45) is 0 Å². The first-order valence-corrected chi connectivity index (χ1v) is 13.3. The van der Waals surface area contributed by atoms with Crippen LogP contribution < -0.4 is 9.44 Å². The summed E-state index contributed by atoms with van der Waals surface area (Å²) in [5, 5.41) is 0. The number of rotatable bonds is 8. The molecular formula is C22H22Cl2N2O4S2. The smallest absolute Gasteiger partial charge is 0.207 e. The van der Waals surface area contributed by atoms with Gasteiger partial charge in [0, 0.05) is 0 Å². The third-order valence-electron chi connectivity index (χ3n) is 4.73. The van der Waals surface area contributed by atoms with Gasteiger partial charge in [0.15, 0.2) is 4.33 Å². The third kappa shape index (κ3) is 5.70. The van der Waals surface area contributed by atoms with Gasteiger partial charge in [0.05, 0.1) is 9.79 Å². The zero-order chi connectivity index (χ0) is 23.6. The Kier molecular flexibility index (Phi) is 7.34. The van der Waals surface area contributed by atoms with Crippen LogP contribution in [0.2, 0.25) is 0 Å². The van der Waals surface area contributed by atoms with Crippen LogP contribution in [0.1, 0.15) is 16.7 Å². The van der Waals surface area contributed by atoms with Crippen LogP contribution in [0.15, 0.2) is 88.7 Å². The van der Waals surface area contributed by atoms with Crippen molar-refractivity contribution in [3.05, 3.63) is 95.6 Å². The summed E-state index contributed by atoms with van der Waals surface area (Å²) in [4.78, 5) is -0.111. The largest absolute Gasteiger partial charge is 0.242 e. The summed E-state index contributed by atoms with van der Waals surface area (Å²) in [6.45, 7) is 3.64. The van der Waals surface area contributed by atoms with E-state index < -0.39 is 30.5 Å². The third-order valence-corrected chi connectivity index (χ3v) is 8.48. The van der Waals surface area contributed by atoms with E-state index in [1.165, 1.54) is 24.3 Å². The fraction of sp³-hybridized carbons (Fsp3) is 0.182. The van der Waals surface area contributed by atoms with E-state index >= 15 is 0 Å². The molecule has 0 aromatic heterocycles. The van der Waals surface area contributed by atoms with Crippen LogP contribution in [0.25, 0.3) is 0 Å². The second-order valence-corrected chi connectivity index (χ2v) is 12.1. The van der Waals surface area contributed by atoms with Crippen molar-refractivity contribution in [1.82, 2.24) is 9.44 Å². The first-order chi connectivity index (χ1) is 14.9. The maximum absolute atomic E-state index is 13.0. The fourth-order valence-electron chi connectivity index (χ4n) is 2.88. The summed E-state index contributed by atoms with van der Waals surface area (Å²) in [5.41, 5.74) is 2.05. The molecule has 10 heteroatoms. The molecule has 0 aliphatic heterocycles. The normalized spacial score (nSPS) is 12.8. The van der Waals surface area contributed by atoms with Gasteiger partial charge in [-0.1, -0.05) is 88.9 Å². The number of nitrogens with one attached hydrogen (secondary N) is 2. The molecule has 3 rings (SSSR count). The minimum atomic E-state index is -4.17. The minimum absolute atomic E-state index is 0.0557. The van der Waals surface area contributed by atoms with Gasteiger partial charge in [-0.15, -0.1) is 0 Å². The van der Waals surface area contributed by atoms with Gasteiger partial charge in [-0.25, -0.2) is 16.8 Å². The van der Waals surface area contributed by atoms with Crippen LogP contribution in [0, 0.1) is 13.8 Å². The molecule has 0 radical (unpaired) electrons. The molecule has 0 fully saturated rings. The Morgan fingerprint density at radius 1 is 0.656 bits per heavy atom. The van der Waals surface area contributed by atoms with Gasteiger partial charge >= 0.3 is 0 Å². The molecule has 3 aromatic rings. The second kappa shape index (κ2) is 9.51. The summed E-state index contributed by atoms with van der Waals surface area (Å²) in [6, 6.07) is 20.4. The maximum atomic E-state index is 13.0. The topological polar surface area (TPSA) is 92.3 Å². The average Bonchev–Trinajstić information content (AvgIpc) is 2.74. The summed E-state index contributed by atoms with van der Waals surface area (Å²) >= 11 is 13.2. The Bertz CT molecular complexity index is 1200. The molecule has 6 nitrogen and oxygen atoms in total. The Morgan fingerprint density at radius 3 is 1.41 bits per heavy atom. The standard InChI is InChI=1S/C22H22Cl2N2O4S2/c1-16-8-12-19(13-9-16)31(27,28)25-21(22(23,24)18-6-4-3-5-7-18)26-32(29,30)20-14-10-17(2)11-15-20/h3-15,21,25-26H,1-2H3. The van der Waals surface area contributed by atoms with E-state index in [9.17, 15) is 16.8 Å². The van der Waals surface area contributed by atoms with Gasteiger partial charge in [-0.2, -0.15) is 9.44 Å². The molecule has 0 saturated carbocycles. The van der Waals surface area contributed by atoms with E-state index in [1.807, 2.05) is 13.8 Å². The molecule has 0 heterocycles. The van der Waals surface area contributed by atoms with E-state index in [4.69, 9.17) is 23.2 Å². The first kappa shape index (κ1) is 24.7. The lowest BCUT2D eigenvalue weighted by Gasteiger charge is -2.31. The molecule has 170 valence electrons. The highest BCUT2D eigenvalue weighted by atomic mass is 35.5. The van der Waals surface area contributed by atoms with E-state index in [2.05, 4.69) is 9.44 Å². The van der Waals surface area contributed by atoms with Gasteiger partial charge in [0.1, 0.15) is 6.17 Å². The molecule has 0 saturated heterocycles. The zero-order valence-corrected chi connectivity index (χ0v) is 20.4. The number of alkyl halides is 2. The predicted molar refractivity (Wildman–Crippen MR) is 127 cm³/mol. The molecule has 0 aliphatic rings. The molecule has 0 bridgehead atoms. The Balaban J connectivity index is 2.03. The summed E-state index contributed by atoms with van der Waals surface area (Å²) in [7, 11) is -8.35. The van der Waals surface area contributed by atoms with E-state index in [1.54, 1.807) is 54.6 Å². The molecule has 0 spiro atoms. The molecule has 0 aliphatic carbocycles. The number of aryl methyl sites for hydroxylation is 2. The SMILES string of the molecule is Cc1ccc(S(=O)(=O)NC(NS(=O)(=O)c2ccc(C)cc2)C(Cl)(Cl)c2ccccc2)cc1. The highest BCUT2D eigenvalue weighted by molar-refractivity contribution is 7.90. The molecule has 0 amide bonds. The number of hydrogen-bond acceptors (Lipinski definition) is 4. The van der Waals surface area contributed by atoms with Crippen molar-refractivity contribution < 1.29 is 16.8 Å². The highest BCUT2D eigenvalue weighted by Crippen LogP contribution is 2.37. The van der Waals surface area contributed by atoms with Gasteiger partial charge < -0.3 is 0 Å². The lowest BCUT2D eigenvalue weighted by molar-refractivity contribution is 0.486. The highest BCUT2D eigenvalue weighted by Gasteiger charge is 2.42. The summed E-state index contributed by atoms with van der Waals surface area (Å²) in [6.07, 6.45) is -1.62. The number of hydrogen-bond donors (Lipinski definition) is 2. The van der Waals surface area contributed by atoms with E-state index in [0.717, 1.165) is 11.1 Å². The van der Waals surface area contributed by atoms with Crippen LogP contribution in [0.4, 0.5) is 0 Å². The van der Waals surface area contributed by atoms with E-state index in [-0.39, 0.29) is 9.79 Å². The monoisotopic (exact) mass is 512 g/mol. The first-order valence-electron chi connectivity index (χ1n) is 9.53. The van der Waals surface area contributed by atoms with Crippen LogP contribution in [0.3, 0.4) is 0 Å². The molecule has 0 atom stereocenters. The lowest BCUT2D eigenvalue weighted by atomic mass is 10.1. The van der Waals surface area contributed by atoms with Crippen molar-refractivity contribution in [3.63, 3.8) is 0 Å². The molecule has 2 N–H and O–H groups in total. The van der Waals surface area contributed by atoms with Crippen molar-refractivity contribution >= 4 is 43.2 Å². The van der Waals surface area contributed by atoms with Gasteiger partial charge in [0.2, 0.25) is 20.0 Å². The van der Waals surface area contributed by atoms with Crippen LogP contribution >= 0.6 is 23.2 Å². The second-order valence-electron chi connectivity index (χ2n) is 7.29. The number of benzene rings is 3. The minimum Gasteiger partial charge on any atom is -0.207 e. The van der Waals surface area contributed by atoms with Crippen LogP contribution in [-0.4, -0.2) is 23.0 Å². The summed E-state index contributed by atoms with van der Waals surface area (Å²) in [5.74, 6) is 0. The number of sulfonamides is 2.